The van der Waals surface area contributed by atoms with Crippen molar-refractivity contribution in [2.45, 2.75) is 32.2 Å². The van der Waals surface area contributed by atoms with E-state index >= 15 is 0 Å². The maximum Gasteiger partial charge on any atom is 0.157 e. The highest BCUT2D eigenvalue weighted by Gasteiger charge is 2.21. The summed E-state index contributed by atoms with van der Waals surface area (Å²) in [5.41, 5.74) is 4.91. The van der Waals surface area contributed by atoms with Crippen molar-refractivity contribution in [3.8, 4) is 11.4 Å². The van der Waals surface area contributed by atoms with Crippen LogP contribution in [0.1, 0.15) is 48.7 Å². The van der Waals surface area contributed by atoms with Crippen LogP contribution in [0.2, 0.25) is 0 Å². The molecule has 0 N–H and O–H groups in total. The molecule has 3 heterocycles. The van der Waals surface area contributed by atoms with Gasteiger partial charge in [-0.05, 0) is 55.8 Å². The van der Waals surface area contributed by atoms with Crippen molar-refractivity contribution >= 4 is 22.7 Å². The molecule has 4 rings (SSSR count). The van der Waals surface area contributed by atoms with Crippen LogP contribution in [0.4, 0.5) is 0 Å². The Bertz CT molecular complexity index is 1160. The highest BCUT2D eigenvalue weighted by Crippen LogP contribution is 2.31. The van der Waals surface area contributed by atoms with Crippen molar-refractivity contribution in [3.63, 3.8) is 0 Å². The van der Waals surface area contributed by atoms with Crippen molar-refractivity contribution in [1.29, 1.82) is 0 Å². The molecule has 2 atom stereocenters. The quantitative estimate of drug-likeness (QED) is 0.166. The van der Waals surface area contributed by atoms with Gasteiger partial charge in [0.1, 0.15) is 6.10 Å². The van der Waals surface area contributed by atoms with Gasteiger partial charge in [-0.1, -0.05) is 60.2 Å². The van der Waals surface area contributed by atoms with Gasteiger partial charge in [-0.25, -0.2) is 9.97 Å². The Balaban J connectivity index is 1.70. The smallest absolute Gasteiger partial charge is 0.157 e. The number of pyridine rings is 3. The molecule has 0 radical (unpaired) electrons. The number of thiol groups is 1. The third-order valence-electron chi connectivity index (χ3n) is 4.95. The molecule has 7 heteroatoms. The van der Waals surface area contributed by atoms with Crippen LogP contribution < -0.4 is 0 Å². The molecule has 168 valence electrons. The first-order valence-electron chi connectivity index (χ1n) is 10.7. The molecule has 0 saturated carbocycles. The minimum Gasteiger partial charge on any atom is -0.365 e. The molecule has 2 unspecified atom stereocenters. The second kappa shape index (κ2) is 11.4. The highest BCUT2D eigenvalue weighted by atomic mass is 33.1. The maximum absolute atomic E-state index is 6.24. The van der Waals surface area contributed by atoms with E-state index in [9.17, 15) is 0 Å². The Kier molecular flexibility index (Phi) is 8.12. The molecular formula is C26H25N3O2S2. The number of ether oxygens (including phenoxy) is 1. The lowest BCUT2D eigenvalue weighted by molar-refractivity contribution is 0.0281. The zero-order chi connectivity index (χ0) is 23.0. The number of benzene rings is 1. The first-order chi connectivity index (χ1) is 16.2. The molecule has 3 aromatic heterocycles. The van der Waals surface area contributed by atoms with Gasteiger partial charge in [-0.15, -0.1) is 0 Å². The van der Waals surface area contributed by atoms with E-state index in [-0.39, 0.29) is 12.2 Å². The monoisotopic (exact) mass is 475 g/mol. The second-order valence-corrected chi connectivity index (χ2v) is 8.47. The van der Waals surface area contributed by atoms with Gasteiger partial charge in [0.2, 0.25) is 0 Å². The molecular weight excluding hydrogens is 450 g/mol. The van der Waals surface area contributed by atoms with Gasteiger partial charge in [-0.2, -0.15) is 0 Å². The molecule has 0 saturated heterocycles. The van der Waals surface area contributed by atoms with Crippen molar-refractivity contribution in [1.82, 2.24) is 15.0 Å². The fraction of sp³-hybridized carbons (Fsp3) is 0.192. The molecule has 0 aliphatic rings. The molecule has 4 aromatic rings. The lowest BCUT2D eigenvalue weighted by Gasteiger charge is -2.21. The summed E-state index contributed by atoms with van der Waals surface area (Å²) in [4.78, 5) is 14.2. The Hall–Kier alpha value is -2.71. The summed E-state index contributed by atoms with van der Waals surface area (Å²) < 4.78 is 12.0. The minimum atomic E-state index is -0.446. The average Bonchev–Trinajstić information content (AvgIpc) is 2.87. The highest BCUT2D eigenvalue weighted by molar-refractivity contribution is 8.66. The molecule has 0 bridgehead atoms. The minimum absolute atomic E-state index is 0.0529. The van der Waals surface area contributed by atoms with Gasteiger partial charge in [-0.3, -0.25) is 9.17 Å². The largest absolute Gasteiger partial charge is 0.365 e. The molecule has 0 aliphatic heterocycles. The Morgan fingerprint density at radius 2 is 1.30 bits per heavy atom. The summed E-state index contributed by atoms with van der Waals surface area (Å²) in [5, 5.41) is 0. The first kappa shape index (κ1) is 23.4. The summed E-state index contributed by atoms with van der Waals surface area (Å²) in [7, 11) is 0. The van der Waals surface area contributed by atoms with E-state index in [1.165, 1.54) is 0 Å². The normalized spacial score (nSPS) is 13.1. The summed E-state index contributed by atoms with van der Waals surface area (Å²) in [6.45, 7) is 4.06. The molecule has 33 heavy (non-hydrogen) atoms. The van der Waals surface area contributed by atoms with Crippen LogP contribution in [0.5, 0.6) is 0 Å². The van der Waals surface area contributed by atoms with Crippen molar-refractivity contribution < 1.29 is 8.92 Å². The summed E-state index contributed by atoms with van der Waals surface area (Å²) in [5.74, 6) is 0. The molecule has 0 aliphatic carbocycles. The van der Waals surface area contributed by atoms with Gasteiger partial charge in [0.25, 0.3) is 0 Å². The maximum atomic E-state index is 6.24. The Labute approximate surface area is 203 Å². The van der Waals surface area contributed by atoms with E-state index in [2.05, 4.69) is 28.8 Å². The van der Waals surface area contributed by atoms with E-state index in [0.29, 0.717) is 0 Å². The zero-order valence-corrected chi connectivity index (χ0v) is 20.1. The topological polar surface area (TPSA) is 57.1 Å². The molecule has 0 spiro atoms. The van der Waals surface area contributed by atoms with Crippen LogP contribution in [0.3, 0.4) is 0 Å². The zero-order valence-electron chi connectivity index (χ0n) is 18.4. The van der Waals surface area contributed by atoms with E-state index in [4.69, 9.17) is 18.9 Å². The predicted molar refractivity (Wildman–Crippen MR) is 136 cm³/mol. The SMILES string of the molecule is CC(C)OC(c1ccccc1)c1cccc(-c2cccc(C(OSS)c3ccccn3)n2)n1. The summed E-state index contributed by atoms with van der Waals surface area (Å²) in [6.07, 6.45) is 1.08. The number of rotatable bonds is 9. The Morgan fingerprint density at radius 3 is 1.88 bits per heavy atom. The van der Waals surface area contributed by atoms with Gasteiger partial charge < -0.3 is 4.74 Å². The third-order valence-corrected chi connectivity index (χ3v) is 5.48. The summed E-state index contributed by atoms with van der Waals surface area (Å²) >= 11 is 5.16. The van der Waals surface area contributed by atoms with Crippen LogP contribution >= 0.6 is 22.7 Å². The van der Waals surface area contributed by atoms with E-state index in [1.807, 2.05) is 86.6 Å². The third kappa shape index (κ3) is 6.00. The standard InChI is InChI=1S/C26H25N3O2S2/c1-18(2)30-25(19-10-4-3-5-11-19)23-15-8-13-20(28-23)21-14-9-16-24(29-21)26(31-33-32)22-12-6-7-17-27-22/h3-18,25-26,32H,1-2H3. The van der Waals surface area contributed by atoms with Crippen LogP contribution in [0.25, 0.3) is 11.4 Å². The van der Waals surface area contributed by atoms with Crippen molar-refractivity contribution in [2.75, 3.05) is 0 Å². The first-order valence-corrected chi connectivity index (χ1v) is 12.5. The molecule has 0 fully saturated rings. The van der Waals surface area contributed by atoms with E-state index < -0.39 is 6.10 Å². The average molecular weight is 476 g/mol. The van der Waals surface area contributed by atoms with E-state index in [0.717, 1.165) is 45.1 Å². The van der Waals surface area contributed by atoms with Gasteiger partial charge >= 0.3 is 0 Å². The van der Waals surface area contributed by atoms with Crippen LogP contribution in [0, 0.1) is 0 Å². The van der Waals surface area contributed by atoms with Gasteiger partial charge in [0.05, 0.1) is 45.6 Å². The Morgan fingerprint density at radius 1 is 0.697 bits per heavy atom. The number of aromatic nitrogens is 3. The van der Waals surface area contributed by atoms with Crippen LogP contribution in [0.15, 0.2) is 91.1 Å². The lowest BCUT2D eigenvalue weighted by atomic mass is 10.0. The van der Waals surface area contributed by atoms with Crippen molar-refractivity contribution in [2.24, 2.45) is 0 Å². The lowest BCUT2D eigenvalue weighted by Crippen LogP contribution is -2.13. The second-order valence-electron chi connectivity index (χ2n) is 7.68. The molecule has 5 nitrogen and oxygen atoms in total. The van der Waals surface area contributed by atoms with Crippen LogP contribution in [-0.4, -0.2) is 21.1 Å². The van der Waals surface area contributed by atoms with Crippen molar-refractivity contribution in [3.05, 3.63) is 114 Å². The fourth-order valence-corrected chi connectivity index (χ4v) is 4.06. The van der Waals surface area contributed by atoms with Crippen LogP contribution in [-0.2, 0) is 8.92 Å². The molecule has 1 aromatic carbocycles. The van der Waals surface area contributed by atoms with E-state index in [1.54, 1.807) is 6.20 Å². The number of nitrogens with zero attached hydrogens (tertiary/aromatic N) is 3. The number of hydrogen-bond donors (Lipinski definition) is 1. The van der Waals surface area contributed by atoms with Gasteiger partial charge in [0, 0.05) is 6.20 Å². The number of hydrogen-bond acceptors (Lipinski definition) is 7. The molecule has 0 amide bonds. The predicted octanol–water partition coefficient (Wildman–Crippen LogP) is 6.65. The van der Waals surface area contributed by atoms with Gasteiger partial charge in [0.15, 0.2) is 6.10 Å². The summed E-state index contributed by atoms with van der Waals surface area (Å²) in [6, 6.07) is 27.6. The fourth-order valence-electron chi connectivity index (χ4n) is 3.52.